The summed E-state index contributed by atoms with van der Waals surface area (Å²) in [5.74, 6) is -0.0534. The summed E-state index contributed by atoms with van der Waals surface area (Å²) < 4.78 is 43.4. The predicted octanol–water partition coefficient (Wildman–Crippen LogP) is 4.85. The number of halogens is 3. The van der Waals surface area contributed by atoms with Gasteiger partial charge in [0.25, 0.3) is 0 Å². The van der Waals surface area contributed by atoms with Gasteiger partial charge in [0, 0.05) is 36.1 Å². The first-order valence-electron chi connectivity index (χ1n) is 14.9. The van der Waals surface area contributed by atoms with E-state index in [1.54, 1.807) is 0 Å². The smallest absolute Gasteiger partial charge is 0.318 e. The zero-order chi connectivity index (χ0) is 31.1. The van der Waals surface area contributed by atoms with E-state index >= 15 is 4.39 Å². The molecule has 1 saturated carbocycles. The van der Waals surface area contributed by atoms with E-state index < -0.39 is 11.6 Å². The molecule has 4 aromatic rings. The number of methoxy groups -OCH3 is 1. The number of hydrogen-bond donors (Lipinski definition) is 2. The second-order valence-electron chi connectivity index (χ2n) is 12.0. The molecular formula is C31H28ClF2N7O3S. The molecular weight excluding hydrogens is 624 g/mol. The highest BCUT2D eigenvalue weighted by Crippen LogP contribution is 2.51. The van der Waals surface area contributed by atoms with Crippen molar-refractivity contribution in [2.45, 2.75) is 43.8 Å². The molecule has 2 aromatic heterocycles. The van der Waals surface area contributed by atoms with Gasteiger partial charge in [-0.1, -0.05) is 17.7 Å². The lowest BCUT2D eigenvalue weighted by Crippen LogP contribution is -2.52. The van der Waals surface area contributed by atoms with Crippen LogP contribution in [0.25, 0.3) is 32.1 Å². The van der Waals surface area contributed by atoms with Crippen LogP contribution >= 0.6 is 22.9 Å². The second-order valence-corrected chi connectivity index (χ2v) is 13.4. The topological polar surface area (TPSA) is 140 Å². The van der Waals surface area contributed by atoms with E-state index in [0.29, 0.717) is 37.4 Å². The van der Waals surface area contributed by atoms with E-state index in [-0.39, 0.29) is 84.1 Å². The van der Waals surface area contributed by atoms with Gasteiger partial charge in [0.2, 0.25) is 5.91 Å². The molecule has 2 saturated heterocycles. The Hall–Kier alpha value is -3.99. The van der Waals surface area contributed by atoms with Crippen molar-refractivity contribution in [2.24, 2.45) is 5.92 Å². The van der Waals surface area contributed by atoms with Crippen molar-refractivity contribution in [3.05, 3.63) is 34.4 Å². The number of nitrogens with zero attached hydrogens (tertiary/aromatic N) is 5. The average molecular weight is 652 g/mol. The highest BCUT2D eigenvalue weighted by atomic mass is 35.5. The van der Waals surface area contributed by atoms with Gasteiger partial charge in [0.1, 0.15) is 40.9 Å². The van der Waals surface area contributed by atoms with E-state index in [1.807, 2.05) is 15.9 Å². The van der Waals surface area contributed by atoms with Gasteiger partial charge in [-0.2, -0.15) is 15.2 Å². The molecule has 3 N–H and O–H groups in total. The zero-order valence-electron chi connectivity index (χ0n) is 24.2. The maximum atomic E-state index is 16.8. The van der Waals surface area contributed by atoms with Crippen molar-refractivity contribution < 1.29 is 23.0 Å². The van der Waals surface area contributed by atoms with Crippen LogP contribution in [0.4, 0.5) is 19.6 Å². The lowest BCUT2D eigenvalue weighted by molar-refractivity contribution is -0.132. The second kappa shape index (κ2) is 10.5. The Kier molecular flexibility index (Phi) is 6.67. The number of nitriles is 1. The molecule has 1 amide bonds. The number of nitrogens with two attached hydrogens (primary N) is 1. The third-order valence-corrected chi connectivity index (χ3v) is 10.7. The summed E-state index contributed by atoms with van der Waals surface area (Å²) in [7, 11) is 1.40. The minimum absolute atomic E-state index is 0.0419. The summed E-state index contributed by atoms with van der Waals surface area (Å²) in [5, 5.41) is 13.7. The van der Waals surface area contributed by atoms with Gasteiger partial charge in [-0.25, -0.2) is 8.78 Å². The van der Waals surface area contributed by atoms with Crippen molar-refractivity contribution in [1.82, 2.24) is 20.2 Å². The van der Waals surface area contributed by atoms with Gasteiger partial charge in [-0.15, -0.1) is 11.3 Å². The number of amides is 1. The number of carbonyl (C=O) groups is 1. The molecule has 8 rings (SSSR count). The molecule has 14 heteroatoms. The number of nitrogen functional groups attached to an aromatic ring is 1. The van der Waals surface area contributed by atoms with E-state index in [9.17, 15) is 14.4 Å². The number of thiophene rings is 1. The molecule has 45 heavy (non-hydrogen) atoms. The van der Waals surface area contributed by atoms with Crippen molar-refractivity contribution in [1.29, 1.82) is 5.26 Å². The van der Waals surface area contributed by atoms with Gasteiger partial charge in [-0.3, -0.25) is 10.1 Å². The van der Waals surface area contributed by atoms with Crippen LogP contribution in [0.3, 0.4) is 0 Å². The van der Waals surface area contributed by atoms with Crippen LogP contribution in [0.1, 0.15) is 31.2 Å². The summed E-state index contributed by atoms with van der Waals surface area (Å²) >= 11 is 7.89. The molecule has 3 fully saturated rings. The molecule has 10 nitrogen and oxygen atoms in total. The van der Waals surface area contributed by atoms with Crippen LogP contribution in [-0.4, -0.2) is 72.3 Å². The number of ether oxygens (including phenoxy) is 2. The number of anilines is 2. The third-order valence-electron chi connectivity index (χ3n) is 9.34. The Morgan fingerprint density at radius 3 is 2.82 bits per heavy atom. The minimum atomic E-state index is -0.793. The van der Waals surface area contributed by atoms with Crippen LogP contribution < -0.4 is 25.4 Å². The Labute approximate surface area is 265 Å². The van der Waals surface area contributed by atoms with E-state index in [2.05, 4.69) is 15.3 Å². The van der Waals surface area contributed by atoms with E-state index in [4.69, 9.17) is 26.8 Å². The Morgan fingerprint density at radius 2 is 2.07 bits per heavy atom. The van der Waals surface area contributed by atoms with Crippen LogP contribution in [-0.2, 0) is 4.79 Å². The highest BCUT2D eigenvalue weighted by molar-refractivity contribution is 7.23. The van der Waals surface area contributed by atoms with E-state index in [1.165, 1.54) is 32.1 Å². The fraction of sp³-hybridized carbons (Fsp3) is 0.419. The number of aromatic nitrogens is 2. The van der Waals surface area contributed by atoms with Crippen LogP contribution in [0.15, 0.2) is 12.1 Å². The molecule has 2 aromatic carbocycles. The quantitative estimate of drug-likeness (QED) is 0.290. The molecule has 3 aliphatic heterocycles. The van der Waals surface area contributed by atoms with Crippen molar-refractivity contribution in [2.75, 3.05) is 44.0 Å². The summed E-state index contributed by atoms with van der Waals surface area (Å²) in [4.78, 5) is 26.4. The fourth-order valence-corrected chi connectivity index (χ4v) is 8.25. The molecule has 0 spiro atoms. The predicted molar refractivity (Wildman–Crippen MR) is 167 cm³/mol. The van der Waals surface area contributed by atoms with Crippen LogP contribution in [0, 0.1) is 28.9 Å². The van der Waals surface area contributed by atoms with Crippen LogP contribution in [0.5, 0.6) is 11.8 Å². The Balaban J connectivity index is 1.25. The number of hydrogen-bond acceptors (Lipinski definition) is 10. The first-order chi connectivity index (χ1) is 21.8. The average Bonchev–Trinajstić information content (AvgIpc) is 3.96. The molecule has 1 aliphatic carbocycles. The number of rotatable bonds is 5. The maximum Gasteiger partial charge on any atom is 0.318 e. The molecule has 4 aliphatic rings. The Morgan fingerprint density at radius 1 is 1.24 bits per heavy atom. The standard InChI is InChI=1S/C31H28ClF2N7O3S/c1-43-31-38-24-20-26(21(32)19(22(24)34)15-6-7-17(33)27-18(15)16(11-35)28(36)45-27)44-10-9-41(29(20)39-31)14-3-2-8-40(12-14)30(42)25-23(37-25)13-4-5-13/h6-7,13-14,23,25,37H,2-5,8-10,12,36H2,1H3. The largest absolute Gasteiger partial charge is 0.489 e. The fourth-order valence-electron chi connectivity index (χ4n) is 6.97. The number of carbonyl (C=O) groups excluding carboxylic acids is 1. The Bertz CT molecular complexity index is 1960. The number of piperidine rings is 1. The first-order valence-corrected chi connectivity index (χ1v) is 16.1. The van der Waals surface area contributed by atoms with Gasteiger partial charge in [0.05, 0.1) is 34.3 Å². The van der Waals surface area contributed by atoms with Crippen LogP contribution in [0.2, 0.25) is 5.02 Å². The molecule has 3 unspecified atom stereocenters. The summed E-state index contributed by atoms with van der Waals surface area (Å²) in [6.45, 7) is 1.78. The monoisotopic (exact) mass is 651 g/mol. The SMILES string of the molecule is COc1nc2c3c(c(Cl)c(-c4ccc(F)c5sc(N)c(C#N)c45)c(F)c3n1)OCCN2C1CCCN(C(=O)C2NC2C2CC2)C1. The van der Waals surface area contributed by atoms with Crippen molar-refractivity contribution >= 4 is 60.7 Å². The van der Waals surface area contributed by atoms with Crippen molar-refractivity contribution in [3.63, 3.8) is 0 Å². The zero-order valence-corrected chi connectivity index (χ0v) is 25.8. The summed E-state index contributed by atoms with van der Waals surface area (Å²) in [6, 6.07) is 4.62. The van der Waals surface area contributed by atoms with Gasteiger partial charge in [-0.05, 0) is 43.2 Å². The lowest BCUT2D eigenvalue weighted by Gasteiger charge is -2.39. The third kappa shape index (κ3) is 4.45. The number of nitrogens with one attached hydrogen (secondary N) is 1. The summed E-state index contributed by atoms with van der Waals surface area (Å²) in [6.07, 6.45) is 3.97. The number of likely N-dealkylation sites (tertiary alicyclic amines) is 1. The van der Waals surface area contributed by atoms with Gasteiger partial charge in [0.15, 0.2) is 11.6 Å². The first kappa shape index (κ1) is 28.5. The minimum Gasteiger partial charge on any atom is -0.489 e. The number of fused-ring (bicyclic) bond motifs is 1. The van der Waals surface area contributed by atoms with Gasteiger partial charge < -0.3 is 25.0 Å². The molecule has 0 radical (unpaired) electrons. The number of benzene rings is 2. The molecule has 3 atom stereocenters. The van der Waals surface area contributed by atoms with E-state index in [0.717, 1.165) is 24.2 Å². The van der Waals surface area contributed by atoms with Gasteiger partial charge >= 0.3 is 6.01 Å². The summed E-state index contributed by atoms with van der Waals surface area (Å²) in [5.41, 5.74) is 6.12. The maximum absolute atomic E-state index is 16.8. The molecule has 5 heterocycles. The lowest BCUT2D eigenvalue weighted by atomic mass is 9.96. The normalized spacial score (nSPS) is 22.7. The van der Waals surface area contributed by atoms with Crippen molar-refractivity contribution in [3.8, 4) is 29.0 Å². The highest BCUT2D eigenvalue weighted by Gasteiger charge is 2.52. The molecule has 232 valence electrons. The molecule has 0 bridgehead atoms.